The molecule has 1 atom stereocenters. The van der Waals surface area contributed by atoms with Crippen molar-refractivity contribution < 1.29 is 19.1 Å². The molecule has 2 aromatic rings. The number of nitrogens with zero attached hydrogens (tertiary/aromatic N) is 3. The van der Waals surface area contributed by atoms with Gasteiger partial charge in [0, 0.05) is 43.5 Å². The molecule has 2 aromatic carbocycles. The summed E-state index contributed by atoms with van der Waals surface area (Å²) in [5, 5.41) is 2.93. The van der Waals surface area contributed by atoms with Crippen molar-refractivity contribution in [1.29, 1.82) is 0 Å². The zero-order valence-corrected chi connectivity index (χ0v) is 19.5. The minimum atomic E-state index is -0.324. The molecule has 0 radical (unpaired) electrons. The van der Waals surface area contributed by atoms with E-state index in [4.69, 9.17) is 4.74 Å². The van der Waals surface area contributed by atoms with Gasteiger partial charge in [0.15, 0.2) is 0 Å². The van der Waals surface area contributed by atoms with Gasteiger partial charge < -0.3 is 19.9 Å². The lowest BCUT2D eigenvalue weighted by atomic mass is 10.1. The fraction of sp³-hybridized carbons (Fsp3) is 0.400. The lowest BCUT2D eigenvalue weighted by molar-refractivity contribution is -0.134. The van der Waals surface area contributed by atoms with Crippen molar-refractivity contribution >= 4 is 23.6 Å². The number of hydrogen-bond acceptors (Lipinski definition) is 5. The summed E-state index contributed by atoms with van der Waals surface area (Å²) < 4.78 is 5.03. The maximum atomic E-state index is 12.8. The molecule has 1 saturated heterocycles. The van der Waals surface area contributed by atoms with E-state index in [2.05, 4.69) is 5.32 Å². The van der Waals surface area contributed by atoms with Crippen LogP contribution in [0.15, 0.2) is 54.6 Å². The maximum Gasteiger partial charge on any atom is 0.409 e. The fourth-order valence-corrected chi connectivity index (χ4v) is 3.73. The van der Waals surface area contributed by atoms with E-state index >= 15 is 0 Å². The normalized spacial score (nSPS) is 14.7. The van der Waals surface area contributed by atoms with E-state index in [0.717, 1.165) is 5.56 Å². The van der Waals surface area contributed by atoms with Gasteiger partial charge in [0.25, 0.3) is 5.91 Å². The van der Waals surface area contributed by atoms with E-state index in [0.29, 0.717) is 44.0 Å². The summed E-state index contributed by atoms with van der Waals surface area (Å²) in [6, 6.07) is 16.7. The molecule has 1 aliphatic rings. The first kappa shape index (κ1) is 24.3. The van der Waals surface area contributed by atoms with Gasteiger partial charge in [0.2, 0.25) is 5.91 Å². The molecule has 1 N–H and O–H groups in total. The predicted octanol–water partition coefficient (Wildman–Crippen LogP) is 3.23. The number of amides is 3. The highest BCUT2D eigenvalue weighted by Gasteiger charge is 2.26. The third-order valence-electron chi connectivity index (χ3n) is 5.87. The fourth-order valence-electron chi connectivity index (χ4n) is 3.73. The summed E-state index contributed by atoms with van der Waals surface area (Å²) in [5.74, 6) is -0.132. The van der Waals surface area contributed by atoms with Crippen LogP contribution in [-0.2, 0) is 9.53 Å². The average molecular weight is 453 g/mol. The monoisotopic (exact) mass is 452 g/mol. The van der Waals surface area contributed by atoms with Gasteiger partial charge in [-0.15, -0.1) is 0 Å². The molecule has 3 rings (SSSR count). The minimum Gasteiger partial charge on any atom is -0.450 e. The first-order valence-electron chi connectivity index (χ1n) is 11.2. The highest BCUT2D eigenvalue weighted by molar-refractivity contribution is 6.04. The van der Waals surface area contributed by atoms with E-state index in [-0.39, 0.29) is 30.5 Å². The van der Waals surface area contributed by atoms with Crippen LogP contribution in [0.3, 0.4) is 0 Å². The van der Waals surface area contributed by atoms with Gasteiger partial charge in [-0.2, -0.15) is 0 Å². The summed E-state index contributed by atoms with van der Waals surface area (Å²) in [7, 11) is 1.91. The molecule has 0 aromatic heterocycles. The van der Waals surface area contributed by atoms with Gasteiger partial charge in [0.05, 0.1) is 13.2 Å². The quantitative estimate of drug-likeness (QED) is 0.698. The van der Waals surface area contributed by atoms with Crippen LogP contribution >= 0.6 is 0 Å². The second-order valence-corrected chi connectivity index (χ2v) is 8.10. The number of piperazine rings is 1. The number of carbonyl (C=O) groups excluding carboxylic acids is 3. The number of rotatable bonds is 7. The zero-order chi connectivity index (χ0) is 23.8. The molecule has 0 bridgehead atoms. The molecule has 33 heavy (non-hydrogen) atoms. The highest BCUT2D eigenvalue weighted by Crippen LogP contribution is 2.22. The molecule has 8 heteroatoms. The van der Waals surface area contributed by atoms with E-state index in [1.165, 1.54) is 0 Å². The number of anilines is 1. The molecular weight excluding hydrogens is 420 g/mol. The second-order valence-electron chi connectivity index (χ2n) is 8.10. The Bertz CT molecular complexity index is 958. The van der Waals surface area contributed by atoms with Crippen molar-refractivity contribution in [3.05, 3.63) is 65.7 Å². The van der Waals surface area contributed by atoms with E-state index in [1.807, 2.05) is 61.3 Å². The van der Waals surface area contributed by atoms with Crippen molar-refractivity contribution in [2.24, 2.45) is 0 Å². The van der Waals surface area contributed by atoms with Crippen LogP contribution < -0.4 is 5.32 Å². The molecule has 3 amide bonds. The molecule has 176 valence electrons. The molecule has 1 fully saturated rings. The molecule has 0 saturated carbocycles. The number of likely N-dealkylation sites (N-methyl/N-ethyl adjacent to an activating group) is 1. The van der Waals surface area contributed by atoms with Gasteiger partial charge >= 0.3 is 6.09 Å². The Hall–Kier alpha value is -3.39. The Balaban J connectivity index is 1.54. The van der Waals surface area contributed by atoms with Crippen LogP contribution in [-0.4, -0.2) is 79.0 Å². The van der Waals surface area contributed by atoms with Crippen molar-refractivity contribution in [1.82, 2.24) is 14.7 Å². The van der Waals surface area contributed by atoms with Crippen LogP contribution in [0.5, 0.6) is 0 Å². The third kappa shape index (κ3) is 6.55. The second kappa shape index (κ2) is 11.5. The summed E-state index contributed by atoms with van der Waals surface area (Å²) >= 11 is 0. The lowest BCUT2D eigenvalue weighted by Crippen LogP contribution is -2.52. The SMILES string of the molecule is CCOC(=O)N1CCN(C(=O)CN(C)C(C)c2cccc(NC(=O)c3ccccc3)c2)CC1. The molecule has 1 aliphatic heterocycles. The molecule has 1 heterocycles. The van der Waals surface area contributed by atoms with E-state index < -0.39 is 0 Å². The number of carbonyl (C=O) groups is 3. The first-order valence-corrected chi connectivity index (χ1v) is 11.2. The zero-order valence-electron chi connectivity index (χ0n) is 19.5. The van der Waals surface area contributed by atoms with Crippen LogP contribution in [0.25, 0.3) is 0 Å². The molecule has 8 nitrogen and oxygen atoms in total. The van der Waals surface area contributed by atoms with Crippen molar-refractivity contribution in [2.75, 3.05) is 51.7 Å². The van der Waals surface area contributed by atoms with Crippen molar-refractivity contribution in [3.8, 4) is 0 Å². The van der Waals surface area contributed by atoms with Gasteiger partial charge in [-0.1, -0.05) is 30.3 Å². The van der Waals surface area contributed by atoms with Gasteiger partial charge in [-0.05, 0) is 50.7 Å². The average Bonchev–Trinajstić information content (AvgIpc) is 2.84. The topological polar surface area (TPSA) is 82.2 Å². The van der Waals surface area contributed by atoms with Crippen LogP contribution in [0.1, 0.15) is 35.8 Å². The van der Waals surface area contributed by atoms with Crippen LogP contribution in [0, 0.1) is 0 Å². The maximum absolute atomic E-state index is 12.8. The largest absolute Gasteiger partial charge is 0.450 e. The Morgan fingerprint density at radius 2 is 1.67 bits per heavy atom. The molecule has 0 spiro atoms. The van der Waals surface area contributed by atoms with Gasteiger partial charge in [0.1, 0.15) is 0 Å². The van der Waals surface area contributed by atoms with Crippen LogP contribution in [0.4, 0.5) is 10.5 Å². The predicted molar refractivity (Wildman–Crippen MR) is 127 cm³/mol. The first-order chi connectivity index (χ1) is 15.9. The van der Waals surface area contributed by atoms with Crippen LogP contribution in [0.2, 0.25) is 0 Å². The molecular formula is C25H32N4O4. The summed E-state index contributed by atoms with van der Waals surface area (Å²) in [4.78, 5) is 42.5. The molecule has 1 unspecified atom stereocenters. The molecule has 0 aliphatic carbocycles. The minimum absolute atomic E-state index is 0.0247. The number of benzene rings is 2. The Kier molecular flexibility index (Phi) is 8.43. The van der Waals surface area contributed by atoms with Gasteiger partial charge in [-0.3, -0.25) is 14.5 Å². The lowest BCUT2D eigenvalue weighted by Gasteiger charge is -2.35. The summed E-state index contributed by atoms with van der Waals surface area (Å²) in [6.07, 6.45) is -0.324. The van der Waals surface area contributed by atoms with Crippen molar-refractivity contribution in [2.45, 2.75) is 19.9 Å². The van der Waals surface area contributed by atoms with Gasteiger partial charge in [-0.25, -0.2) is 4.79 Å². The Morgan fingerprint density at radius 3 is 2.33 bits per heavy atom. The number of hydrogen-bond donors (Lipinski definition) is 1. The standard InChI is InChI=1S/C25H32N4O4/c1-4-33-25(32)29-15-13-28(14-16-29)23(30)18-27(3)19(2)21-11-8-12-22(17-21)26-24(31)20-9-6-5-7-10-20/h5-12,17,19H,4,13-16,18H2,1-3H3,(H,26,31). The number of nitrogens with one attached hydrogen (secondary N) is 1. The van der Waals surface area contributed by atoms with E-state index in [1.54, 1.807) is 28.9 Å². The summed E-state index contributed by atoms with van der Waals surface area (Å²) in [5.41, 5.74) is 2.31. The number of ether oxygens (including phenoxy) is 1. The third-order valence-corrected chi connectivity index (χ3v) is 5.87. The Labute approximate surface area is 195 Å². The highest BCUT2D eigenvalue weighted by atomic mass is 16.6. The summed E-state index contributed by atoms with van der Waals surface area (Å²) in [6.45, 7) is 6.38. The smallest absolute Gasteiger partial charge is 0.409 e. The van der Waals surface area contributed by atoms with E-state index in [9.17, 15) is 14.4 Å². The van der Waals surface area contributed by atoms with Crippen molar-refractivity contribution in [3.63, 3.8) is 0 Å². The Morgan fingerprint density at radius 1 is 1.00 bits per heavy atom.